The Morgan fingerprint density at radius 2 is 2.10 bits per heavy atom. The summed E-state index contributed by atoms with van der Waals surface area (Å²) in [5.41, 5.74) is 2.94. The van der Waals surface area contributed by atoms with Crippen molar-refractivity contribution in [2.24, 2.45) is 5.92 Å². The van der Waals surface area contributed by atoms with Gasteiger partial charge in [0.05, 0.1) is 31.0 Å². The molecule has 0 radical (unpaired) electrons. The van der Waals surface area contributed by atoms with E-state index in [-0.39, 0.29) is 6.04 Å². The zero-order valence-electron chi connectivity index (χ0n) is 17.1. The fourth-order valence-electron chi connectivity index (χ4n) is 4.40. The van der Waals surface area contributed by atoms with E-state index in [1.54, 1.807) is 21.7 Å². The number of piperidine rings is 1. The van der Waals surface area contributed by atoms with E-state index in [0.29, 0.717) is 19.1 Å². The summed E-state index contributed by atoms with van der Waals surface area (Å²) in [7, 11) is 0. The van der Waals surface area contributed by atoms with E-state index in [2.05, 4.69) is 16.0 Å². The van der Waals surface area contributed by atoms with Gasteiger partial charge in [0.2, 0.25) is 0 Å². The number of carbonyl (C=O) groups is 1. The minimum Gasteiger partial charge on any atom is -0.491 e. The van der Waals surface area contributed by atoms with Gasteiger partial charge in [-0.3, -0.25) is 4.98 Å². The quantitative estimate of drug-likeness (QED) is 0.720. The molecule has 7 nitrogen and oxygen atoms in total. The lowest BCUT2D eigenvalue weighted by atomic mass is 9.87. The number of aromatic nitrogens is 1. The van der Waals surface area contributed by atoms with Gasteiger partial charge < -0.3 is 24.4 Å². The molecule has 0 spiro atoms. The Bertz CT molecular complexity index is 810. The number of amides is 1. The molecule has 0 aliphatic carbocycles. The average molecular weight is 432 g/mol. The molecule has 0 saturated carbocycles. The summed E-state index contributed by atoms with van der Waals surface area (Å²) in [5.74, 6) is 1.39. The number of para-hydroxylation sites is 2. The summed E-state index contributed by atoms with van der Waals surface area (Å²) in [6.45, 7) is 4.50. The number of carboxylic acid groups (broad SMARTS) is 1. The van der Waals surface area contributed by atoms with Gasteiger partial charge in [-0.15, -0.1) is 11.3 Å². The highest BCUT2D eigenvalue weighted by molar-refractivity contribution is 7.09. The molecule has 2 aliphatic rings. The maximum absolute atomic E-state index is 11.7. The van der Waals surface area contributed by atoms with Crippen molar-refractivity contribution in [3.63, 3.8) is 0 Å². The van der Waals surface area contributed by atoms with Crippen molar-refractivity contribution in [3.8, 4) is 5.75 Å². The zero-order chi connectivity index (χ0) is 20.8. The molecule has 2 aromatic rings. The van der Waals surface area contributed by atoms with Crippen LogP contribution in [0.1, 0.15) is 24.1 Å². The molecule has 1 aromatic heterocycles. The van der Waals surface area contributed by atoms with Gasteiger partial charge in [-0.2, -0.15) is 0 Å². The Kier molecular flexibility index (Phi) is 7.07. The van der Waals surface area contributed by atoms with Crippen LogP contribution >= 0.6 is 11.3 Å². The van der Waals surface area contributed by atoms with Crippen molar-refractivity contribution < 1.29 is 19.4 Å². The van der Waals surface area contributed by atoms with Gasteiger partial charge >= 0.3 is 6.09 Å². The second-order valence-corrected chi connectivity index (χ2v) is 8.87. The molecule has 2 fully saturated rings. The Balaban J connectivity index is 1.32. The molecule has 0 bridgehead atoms. The van der Waals surface area contributed by atoms with Gasteiger partial charge in [0.25, 0.3) is 0 Å². The molecule has 2 aliphatic heterocycles. The van der Waals surface area contributed by atoms with Crippen LogP contribution in [0, 0.1) is 5.92 Å². The highest BCUT2D eigenvalue weighted by Crippen LogP contribution is 2.31. The fraction of sp³-hybridized carbons (Fsp3) is 0.545. The van der Waals surface area contributed by atoms with Crippen LogP contribution in [0.5, 0.6) is 5.75 Å². The molecule has 30 heavy (non-hydrogen) atoms. The van der Waals surface area contributed by atoms with Crippen molar-refractivity contribution in [1.29, 1.82) is 0 Å². The third kappa shape index (κ3) is 5.23. The van der Waals surface area contributed by atoms with Crippen LogP contribution in [-0.4, -0.2) is 66.6 Å². The first-order valence-corrected chi connectivity index (χ1v) is 11.5. The van der Waals surface area contributed by atoms with Gasteiger partial charge in [0.1, 0.15) is 5.75 Å². The highest BCUT2D eigenvalue weighted by Gasteiger charge is 2.31. The smallest absolute Gasteiger partial charge is 0.407 e. The van der Waals surface area contributed by atoms with Crippen LogP contribution in [0.4, 0.5) is 10.5 Å². The van der Waals surface area contributed by atoms with Crippen molar-refractivity contribution in [1.82, 2.24) is 9.88 Å². The van der Waals surface area contributed by atoms with Gasteiger partial charge in [-0.1, -0.05) is 12.1 Å². The summed E-state index contributed by atoms with van der Waals surface area (Å²) < 4.78 is 11.7. The van der Waals surface area contributed by atoms with Crippen molar-refractivity contribution in [2.45, 2.75) is 31.7 Å². The van der Waals surface area contributed by atoms with E-state index in [9.17, 15) is 9.90 Å². The van der Waals surface area contributed by atoms with Crippen molar-refractivity contribution in [2.75, 3.05) is 44.4 Å². The monoisotopic (exact) mass is 431 g/mol. The van der Waals surface area contributed by atoms with Crippen molar-refractivity contribution >= 4 is 23.1 Å². The van der Waals surface area contributed by atoms with Crippen molar-refractivity contribution in [3.05, 3.63) is 40.8 Å². The summed E-state index contributed by atoms with van der Waals surface area (Å²) in [5, 5.41) is 9.58. The van der Waals surface area contributed by atoms with Gasteiger partial charge in [0.15, 0.2) is 0 Å². The summed E-state index contributed by atoms with van der Waals surface area (Å²) in [6, 6.07) is 8.21. The molecule has 162 valence electrons. The molecule has 1 aromatic carbocycles. The molecule has 8 heteroatoms. The Hall–Kier alpha value is -2.32. The van der Waals surface area contributed by atoms with E-state index in [4.69, 9.17) is 9.47 Å². The first-order chi connectivity index (χ1) is 14.7. The van der Waals surface area contributed by atoms with Gasteiger partial charge in [-0.05, 0) is 37.3 Å². The van der Waals surface area contributed by atoms with E-state index in [0.717, 1.165) is 68.3 Å². The van der Waals surface area contributed by atoms with Gasteiger partial charge in [0, 0.05) is 43.2 Å². The van der Waals surface area contributed by atoms with E-state index in [1.807, 2.05) is 24.4 Å². The molecular formula is C22H29N3O4S. The number of benzene rings is 1. The highest BCUT2D eigenvalue weighted by atomic mass is 32.1. The van der Waals surface area contributed by atoms with Crippen LogP contribution < -0.4 is 9.64 Å². The normalized spacial score (nSPS) is 22.1. The molecule has 3 heterocycles. The Labute approximate surface area is 181 Å². The topological polar surface area (TPSA) is 75.1 Å². The minimum atomic E-state index is -0.821. The number of likely N-dealkylation sites (tertiary alicyclic amines) is 1. The average Bonchev–Trinajstić information content (AvgIpc) is 3.28. The van der Waals surface area contributed by atoms with Crippen LogP contribution in [-0.2, 0) is 11.2 Å². The minimum absolute atomic E-state index is 0.0161. The standard InChI is InChI=1S/C22H29N3O4S/c26-22(27)25-7-5-17(13-18(25)14-19-15-23-16-30-19)6-10-29-21-4-2-1-3-20(21)24-8-11-28-12-9-24/h1-4,15-18H,5-14H2,(H,26,27). The molecule has 2 unspecified atom stereocenters. The number of hydrogen-bond acceptors (Lipinski definition) is 6. The number of hydrogen-bond donors (Lipinski definition) is 1. The Morgan fingerprint density at radius 3 is 2.87 bits per heavy atom. The van der Waals surface area contributed by atoms with Crippen LogP contribution in [0.3, 0.4) is 0 Å². The lowest BCUT2D eigenvalue weighted by Gasteiger charge is -2.37. The summed E-state index contributed by atoms with van der Waals surface area (Å²) >= 11 is 1.59. The summed E-state index contributed by atoms with van der Waals surface area (Å²) in [4.78, 5) is 20.8. The molecule has 4 rings (SSSR count). The predicted octanol–water partition coefficient (Wildman–Crippen LogP) is 3.75. The van der Waals surface area contributed by atoms with E-state index < -0.39 is 6.09 Å². The molecular weight excluding hydrogens is 402 g/mol. The summed E-state index contributed by atoms with van der Waals surface area (Å²) in [6.07, 6.45) is 4.47. The van der Waals surface area contributed by atoms with Crippen LogP contribution in [0.25, 0.3) is 0 Å². The molecule has 1 amide bonds. The number of nitrogens with zero attached hydrogens (tertiary/aromatic N) is 3. The van der Waals surface area contributed by atoms with Crippen LogP contribution in [0.15, 0.2) is 36.0 Å². The number of anilines is 1. The van der Waals surface area contributed by atoms with E-state index >= 15 is 0 Å². The maximum Gasteiger partial charge on any atom is 0.407 e. The third-order valence-corrected chi connectivity index (χ3v) is 6.79. The lowest BCUT2D eigenvalue weighted by Crippen LogP contribution is -2.46. The van der Waals surface area contributed by atoms with Crippen LogP contribution in [0.2, 0.25) is 0 Å². The largest absolute Gasteiger partial charge is 0.491 e. The lowest BCUT2D eigenvalue weighted by molar-refractivity contribution is 0.0845. The fourth-order valence-corrected chi connectivity index (χ4v) is 5.06. The molecule has 1 N–H and O–H groups in total. The second kappa shape index (κ2) is 10.1. The SMILES string of the molecule is O=C(O)N1CCC(CCOc2ccccc2N2CCOCC2)CC1Cc1cncs1. The number of thiazole rings is 1. The van der Waals surface area contributed by atoms with E-state index in [1.165, 1.54) is 0 Å². The third-order valence-electron chi connectivity index (χ3n) is 5.99. The maximum atomic E-state index is 11.7. The van der Waals surface area contributed by atoms with Gasteiger partial charge in [-0.25, -0.2) is 4.79 Å². The predicted molar refractivity (Wildman–Crippen MR) is 117 cm³/mol. The first-order valence-electron chi connectivity index (χ1n) is 10.6. The zero-order valence-corrected chi connectivity index (χ0v) is 17.9. The first kappa shape index (κ1) is 20.9. The number of ether oxygens (including phenoxy) is 2. The molecule has 2 saturated heterocycles. The number of morpholine rings is 1. The number of rotatable bonds is 7. The second-order valence-electron chi connectivity index (χ2n) is 7.90. The molecule has 2 atom stereocenters. The Morgan fingerprint density at radius 1 is 1.27 bits per heavy atom.